The summed E-state index contributed by atoms with van der Waals surface area (Å²) < 4.78 is 19.0. The van der Waals surface area contributed by atoms with Gasteiger partial charge in [0.05, 0.1) is 18.5 Å². The zero-order valence-electron chi connectivity index (χ0n) is 16.4. The molecule has 0 saturated heterocycles. The SMILES string of the molecule is COc1cccc(CC(C(=O)O)c2ccc(-c3ccnc4ccc(F)cc34)cc2)c1. The molecule has 0 bridgehead atoms. The van der Waals surface area contributed by atoms with Gasteiger partial charge in [-0.1, -0.05) is 36.4 Å². The maximum absolute atomic E-state index is 13.8. The summed E-state index contributed by atoms with van der Waals surface area (Å²) in [5, 5.41) is 10.5. The van der Waals surface area contributed by atoms with E-state index in [2.05, 4.69) is 4.98 Å². The second-order valence-electron chi connectivity index (χ2n) is 7.09. The van der Waals surface area contributed by atoms with Crippen molar-refractivity contribution in [2.24, 2.45) is 0 Å². The van der Waals surface area contributed by atoms with Gasteiger partial charge in [0.25, 0.3) is 0 Å². The van der Waals surface area contributed by atoms with Crippen molar-refractivity contribution in [3.05, 3.63) is 95.9 Å². The van der Waals surface area contributed by atoms with Crippen LogP contribution < -0.4 is 4.74 Å². The lowest BCUT2D eigenvalue weighted by Gasteiger charge is -2.15. The van der Waals surface area contributed by atoms with Gasteiger partial charge in [-0.2, -0.15) is 0 Å². The van der Waals surface area contributed by atoms with Crippen LogP contribution in [0, 0.1) is 5.82 Å². The van der Waals surface area contributed by atoms with Gasteiger partial charge < -0.3 is 9.84 Å². The minimum Gasteiger partial charge on any atom is -0.497 e. The van der Waals surface area contributed by atoms with Crippen molar-refractivity contribution in [2.45, 2.75) is 12.3 Å². The minimum absolute atomic E-state index is 0.322. The molecule has 1 N–H and O–H groups in total. The molecule has 0 saturated carbocycles. The first kappa shape index (κ1) is 19.6. The fraction of sp³-hybridized carbons (Fsp3) is 0.120. The fourth-order valence-electron chi connectivity index (χ4n) is 3.65. The summed E-state index contributed by atoms with van der Waals surface area (Å²) in [6.45, 7) is 0. The molecule has 0 aliphatic rings. The van der Waals surface area contributed by atoms with E-state index in [1.54, 1.807) is 19.4 Å². The molecule has 3 aromatic carbocycles. The molecule has 0 fully saturated rings. The number of carboxylic acid groups (broad SMARTS) is 1. The first-order valence-corrected chi connectivity index (χ1v) is 9.55. The monoisotopic (exact) mass is 401 g/mol. The van der Waals surface area contributed by atoms with Crippen LogP contribution in [0.5, 0.6) is 5.75 Å². The van der Waals surface area contributed by atoms with Gasteiger partial charge in [0, 0.05) is 11.6 Å². The van der Waals surface area contributed by atoms with Crippen molar-refractivity contribution >= 4 is 16.9 Å². The number of rotatable bonds is 6. The maximum Gasteiger partial charge on any atom is 0.311 e. The van der Waals surface area contributed by atoms with Gasteiger partial charge in [-0.05, 0) is 65.1 Å². The smallest absolute Gasteiger partial charge is 0.311 e. The predicted molar refractivity (Wildman–Crippen MR) is 114 cm³/mol. The van der Waals surface area contributed by atoms with E-state index in [1.165, 1.54) is 12.1 Å². The van der Waals surface area contributed by atoms with Crippen LogP contribution in [0.15, 0.2) is 79.0 Å². The Morgan fingerprint density at radius 3 is 2.60 bits per heavy atom. The van der Waals surface area contributed by atoms with Crippen molar-refractivity contribution < 1.29 is 19.0 Å². The van der Waals surface area contributed by atoms with E-state index in [4.69, 9.17) is 4.74 Å². The molecular formula is C25H20FNO3. The van der Waals surface area contributed by atoms with Crippen LogP contribution >= 0.6 is 0 Å². The van der Waals surface area contributed by atoms with Crippen LogP contribution in [0.4, 0.5) is 4.39 Å². The molecule has 1 unspecified atom stereocenters. The van der Waals surface area contributed by atoms with Crippen molar-refractivity contribution in [2.75, 3.05) is 7.11 Å². The number of aromatic nitrogens is 1. The third-order valence-electron chi connectivity index (χ3n) is 5.20. The Bertz CT molecular complexity index is 1200. The molecule has 0 radical (unpaired) electrons. The maximum atomic E-state index is 13.8. The van der Waals surface area contributed by atoms with Gasteiger partial charge in [0.1, 0.15) is 11.6 Å². The summed E-state index contributed by atoms with van der Waals surface area (Å²) >= 11 is 0. The molecule has 0 aliphatic carbocycles. The number of nitrogens with zero attached hydrogens (tertiary/aromatic N) is 1. The topological polar surface area (TPSA) is 59.4 Å². The Balaban J connectivity index is 1.66. The molecule has 0 spiro atoms. The third kappa shape index (κ3) is 4.01. The highest BCUT2D eigenvalue weighted by atomic mass is 19.1. The van der Waals surface area contributed by atoms with Gasteiger partial charge in [0.15, 0.2) is 0 Å². The largest absolute Gasteiger partial charge is 0.497 e. The van der Waals surface area contributed by atoms with E-state index in [-0.39, 0.29) is 5.82 Å². The van der Waals surface area contributed by atoms with E-state index in [0.29, 0.717) is 23.3 Å². The summed E-state index contributed by atoms with van der Waals surface area (Å²) in [6.07, 6.45) is 2.04. The standard InChI is InChI=1S/C25H20FNO3/c1-30-20-4-2-3-16(13-20)14-22(25(28)29)18-7-5-17(6-8-18)21-11-12-27-24-10-9-19(26)15-23(21)24/h2-13,15,22H,14H2,1H3,(H,28,29). The van der Waals surface area contributed by atoms with Crippen LogP contribution in [0.2, 0.25) is 0 Å². The van der Waals surface area contributed by atoms with Gasteiger partial charge in [-0.25, -0.2) is 4.39 Å². The number of hydrogen-bond acceptors (Lipinski definition) is 3. The Morgan fingerprint density at radius 1 is 1.07 bits per heavy atom. The van der Waals surface area contributed by atoms with Gasteiger partial charge in [-0.15, -0.1) is 0 Å². The number of carboxylic acids is 1. The normalized spacial score (nSPS) is 11.9. The zero-order valence-corrected chi connectivity index (χ0v) is 16.4. The molecular weight excluding hydrogens is 381 g/mol. The lowest BCUT2D eigenvalue weighted by atomic mass is 9.90. The average molecular weight is 401 g/mol. The Labute approximate surface area is 173 Å². The summed E-state index contributed by atoms with van der Waals surface area (Å²) in [7, 11) is 1.58. The second kappa shape index (κ2) is 8.33. The third-order valence-corrected chi connectivity index (χ3v) is 5.20. The van der Waals surface area contributed by atoms with Crippen molar-refractivity contribution in [1.29, 1.82) is 0 Å². The number of fused-ring (bicyclic) bond motifs is 1. The van der Waals surface area contributed by atoms with Gasteiger partial charge in [0.2, 0.25) is 0 Å². The molecule has 0 amide bonds. The molecule has 150 valence electrons. The van der Waals surface area contributed by atoms with E-state index in [1.807, 2.05) is 54.6 Å². The number of benzene rings is 3. The van der Waals surface area contributed by atoms with Gasteiger partial charge >= 0.3 is 5.97 Å². The minimum atomic E-state index is -0.887. The lowest BCUT2D eigenvalue weighted by Crippen LogP contribution is -2.14. The Hall–Kier alpha value is -3.73. The summed E-state index contributed by atoms with van der Waals surface area (Å²) in [4.78, 5) is 16.2. The highest BCUT2D eigenvalue weighted by Gasteiger charge is 2.21. The first-order valence-electron chi connectivity index (χ1n) is 9.55. The zero-order chi connectivity index (χ0) is 21.1. The first-order chi connectivity index (χ1) is 14.5. The fourth-order valence-corrected chi connectivity index (χ4v) is 3.65. The molecule has 4 rings (SSSR count). The van der Waals surface area contributed by atoms with E-state index in [0.717, 1.165) is 22.1 Å². The van der Waals surface area contributed by atoms with Crippen LogP contribution in [-0.4, -0.2) is 23.2 Å². The number of hydrogen-bond donors (Lipinski definition) is 1. The van der Waals surface area contributed by atoms with Crippen molar-refractivity contribution in [3.8, 4) is 16.9 Å². The van der Waals surface area contributed by atoms with Crippen molar-refractivity contribution in [3.63, 3.8) is 0 Å². The predicted octanol–water partition coefficient (Wildman–Crippen LogP) is 5.46. The highest BCUT2D eigenvalue weighted by Crippen LogP contribution is 2.30. The molecule has 4 nitrogen and oxygen atoms in total. The number of ether oxygens (including phenoxy) is 1. The Morgan fingerprint density at radius 2 is 1.87 bits per heavy atom. The second-order valence-corrected chi connectivity index (χ2v) is 7.09. The molecule has 1 aromatic heterocycles. The number of carbonyl (C=O) groups is 1. The molecule has 30 heavy (non-hydrogen) atoms. The van der Waals surface area contributed by atoms with Gasteiger partial charge in [-0.3, -0.25) is 9.78 Å². The lowest BCUT2D eigenvalue weighted by molar-refractivity contribution is -0.138. The molecule has 1 atom stereocenters. The summed E-state index contributed by atoms with van der Waals surface area (Å²) in [6, 6.07) is 21.1. The van der Waals surface area contributed by atoms with E-state index < -0.39 is 11.9 Å². The quantitative estimate of drug-likeness (QED) is 0.466. The number of methoxy groups -OCH3 is 1. The van der Waals surface area contributed by atoms with Crippen molar-refractivity contribution in [1.82, 2.24) is 4.98 Å². The van der Waals surface area contributed by atoms with E-state index >= 15 is 0 Å². The van der Waals surface area contributed by atoms with Crippen LogP contribution in [-0.2, 0) is 11.2 Å². The molecule has 4 aromatic rings. The summed E-state index contributed by atoms with van der Waals surface area (Å²) in [5.41, 5.74) is 4.03. The highest BCUT2D eigenvalue weighted by molar-refractivity contribution is 5.94. The Kier molecular flexibility index (Phi) is 5.44. The number of pyridine rings is 1. The van der Waals surface area contributed by atoms with Crippen LogP contribution in [0.25, 0.3) is 22.0 Å². The van der Waals surface area contributed by atoms with E-state index in [9.17, 15) is 14.3 Å². The molecule has 5 heteroatoms. The number of halogens is 1. The molecule has 1 heterocycles. The summed E-state index contributed by atoms with van der Waals surface area (Å²) in [5.74, 6) is -1.19. The van der Waals surface area contributed by atoms with Crippen LogP contribution in [0.1, 0.15) is 17.0 Å². The van der Waals surface area contributed by atoms with Crippen LogP contribution in [0.3, 0.4) is 0 Å². The molecule has 0 aliphatic heterocycles. The number of aliphatic carboxylic acids is 1. The average Bonchev–Trinajstić information content (AvgIpc) is 2.77.